The highest BCUT2D eigenvalue weighted by Crippen LogP contribution is 2.22. The first kappa shape index (κ1) is 15.7. The summed E-state index contributed by atoms with van der Waals surface area (Å²) in [7, 11) is -3.59. The zero-order valence-corrected chi connectivity index (χ0v) is 13.0. The third-order valence-corrected chi connectivity index (χ3v) is 4.87. The molecule has 0 aliphatic heterocycles. The maximum absolute atomic E-state index is 12.4. The van der Waals surface area contributed by atoms with Gasteiger partial charge < -0.3 is 5.73 Å². The summed E-state index contributed by atoms with van der Waals surface area (Å²) >= 11 is 0. The predicted molar refractivity (Wildman–Crippen MR) is 85.3 cm³/mol. The van der Waals surface area contributed by atoms with E-state index in [0.717, 1.165) is 11.1 Å². The van der Waals surface area contributed by atoms with Gasteiger partial charge in [-0.15, -0.1) is 0 Å². The van der Waals surface area contributed by atoms with E-state index in [1.165, 1.54) is 0 Å². The first-order chi connectivity index (χ1) is 9.84. The molecule has 5 heteroatoms. The van der Waals surface area contributed by atoms with E-state index in [-0.39, 0.29) is 11.4 Å². The van der Waals surface area contributed by atoms with Gasteiger partial charge in [0.15, 0.2) is 0 Å². The standard InChI is InChI=1S/C16H20N2O2S/c1-16(2,12-17)18-21(19,20)15-10-6-9-14(11-15)13-7-4-3-5-8-13/h3-11,18H,12,17H2,1-2H3. The van der Waals surface area contributed by atoms with Crippen LogP contribution in [0.3, 0.4) is 0 Å². The van der Waals surface area contributed by atoms with Crippen molar-refractivity contribution in [2.24, 2.45) is 5.73 Å². The molecule has 0 saturated heterocycles. The molecule has 0 spiro atoms. The van der Waals surface area contributed by atoms with Crippen LogP contribution in [0.15, 0.2) is 59.5 Å². The van der Waals surface area contributed by atoms with Crippen molar-refractivity contribution in [2.75, 3.05) is 6.54 Å². The molecule has 3 N–H and O–H groups in total. The number of rotatable bonds is 5. The van der Waals surface area contributed by atoms with Gasteiger partial charge in [-0.2, -0.15) is 0 Å². The van der Waals surface area contributed by atoms with Crippen LogP contribution >= 0.6 is 0 Å². The van der Waals surface area contributed by atoms with Crippen molar-refractivity contribution in [1.29, 1.82) is 0 Å². The van der Waals surface area contributed by atoms with E-state index in [0.29, 0.717) is 0 Å². The van der Waals surface area contributed by atoms with Crippen molar-refractivity contribution in [3.05, 3.63) is 54.6 Å². The molecule has 2 rings (SSSR count). The summed E-state index contributed by atoms with van der Waals surface area (Å²) in [5.41, 5.74) is 6.75. The van der Waals surface area contributed by atoms with Crippen LogP contribution in [0.5, 0.6) is 0 Å². The minimum Gasteiger partial charge on any atom is -0.329 e. The molecular formula is C16H20N2O2S. The van der Waals surface area contributed by atoms with Crippen molar-refractivity contribution in [1.82, 2.24) is 4.72 Å². The highest BCUT2D eigenvalue weighted by molar-refractivity contribution is 7.89. The summed E-state index contributed by atoms with van der Waals surface area (Å²) in [6, 6.07) is 16.6. The number of benzene rings is 2. The van der Waals surface area contributed by atoms with Gasteiger partial charge in [0, 0.05) is 12.1 Å². The van der Waals surface area contributed by atoms with Crippen LogP contribution in [0.4, 0.5) is 0 Å². The van der Waals surface area contributed by atoms with Gasteiger partial charge in [-0.25, -0.2) is 13.1 Å². The van der Waals surface area contributed by atoms with Crippen LogP contribution in [-0.2, 0) is 10.0 Å². The van der Waals surface area contributed by atoms with Crippen LogP contribution in [0.2, 0.25) is 0 Å². The van der Waals surface area contributed by atoms with E-state index < -0.39 is 15.6 Å². The van der Waals surface area contributed by atoms with Gasteiger partial charge in [-0.3, -0.25) is 0 Å². The van der Waals surface area contributed by atoms with Gasteiger partial charge in [-0.05, 0) is 37.1 Å². The van der Waals surface area contributed by atoms with Crippen molar-refractivity contribution in [2.45, 2.75) is 24.3 Å². The summed E-state index contributed by atoms with van der Waals surface area (Å²) in [6.45, 7) is 3.74. The average molecular weight is 304 g/mol. The number of hydrogen-bond acceptors (Lipinski definition) is 3. The van der Waals surface area contributed by atoms with Gasteiger partial charge in [-0.1, -0.05) is 42.5 Å². The summed E-state index contributed by atoms with van der Waals surface area (Å²) in [5.74, 6) is 0. The SMILES string of the molecule is CC(C)(CN)NS(=O)(=O)c1cccc(-c2ccccc2)c1. The highest BCUT2D eigenvalue weighted by Gasteiger charge is 2.24. The Balaban J connectivity index is 2.38. The molecule has 112 valence electrons. The van der Waals surface area contributed by atoms with Gasteiger partial charge >= 0.3 is 0 Å². The Morgan fingerprint density at radius 3 is 2.24 bits per heavy atom. The van der Waals surface area contributed by atoms with Crippen LogP contribution in [-0.4, -0.2) is 20.5 Å². The Labute approximate surface area is 126 Å². The zero-order valence-electron chi connectivity index (χ0n) is 12.2. The molecule has 2 aromatic carbocycles. The van der Waals surface area contributed by atoms with Gasteiger partial charge in [0.2, 0.25) is 10.0 Å². The van der Waals surface area contributed by atoms with E-state index in [9.17, 15) is 8.42 Å². The molecule has 0 fully saturated rings. The molecule has 0 radical (unpaired) electrons. The number of nitrogens with two attached hydrogens (primary N) is 1. The summed E-state index contributed by atoms with van der Waals surface area (Å²) in [5, 5.41) is 0. The van der Waals surface area contributed by atoms with E-state index >= 15 is 0 Å². The third kappa shape index (κ3) is 3.91. The highest BCUT2D eigenvalue weighted by atomic mass is 32.2. The maximum atomic E-state index is 12.4. The first-order valence-electron chi connectivity index (χ1n) is 6.74. The molecule has 0 bridgehead atoms. The van der Waals surface area contributed by atoms with Gasteiger partial charge in [0.25, 0.3) is 0 Å². The van der Waals surface area contributed by atoms with E-state index in [4.69, 9.17) is 5.73 Å². The molecule has 0 amide bonds. The second-order valence-corrected chi connectivity index (χ2v) is 7.27. The first-order valence-corrected chi connectivity index (χ1v) is 8.22. The lowest BCUT2D eigenvalue weighted by atomic mass is 10.1. The van der Waals surface area contributed by atoms with Crippen molar-refractivity contribution in [3.63, 3.8) is 0 Å². The molecule has 0 aromatic heterocycles. The Hall–Kier alpha value is -1.69. The fourth-order valence-electron chi connectivity index (χ4n) is 1.94. The molecule has 21 heavy (non-hydrogen) atoms. The molecule has 0 atom stereocenters. The fourth-order valence-corrected chi connectivity index (χ4v) is 3.41. The monoisotopic (exact) mass is 304 g/mol. The van der Waals surface area contributed by atoms with E-state index in [1.807, 2.05) is 36.4 Å². The topological polar surface area (TPSA) is 72.2 Å². The molecular weight excluding hydrogens is 284 g/mol. The normalized spacial score (nSPS) is 12.3. The lowest BCUT2D eigenvalue weighted by molar-refractivity contribution is 0.462. The van der Waals surface area contributed by atoms with Gasteiger partial charge in [0.05, 0.1) is 4.90 Å². The molecule has 0 aliphatic carbocycles. The minimum absolute atomic E-state index is 0.227. The van der Waals surface area contributed by atoms with Crippen molar-refractivity contribution >= 4 is 10.0 Å². The summed E-state index contributed by atoms with van der Waals surface area (Å²) in [4.78, 5) is 0.241. The second kappa shape index (κ2) is 5.97. The third-order valence-electron chi connectivity index (χ3n) is 3.17. The van der Waals surface area contributed by atoms with Crippen LogP contribution in [0.25, 0.3) is 11.1 Å². The summed E-state index contributed by atoms with van der Waals surface area (Å²) in [6.07, 6.45) is 0. The van der Waals surface area contributed by atoms with Crippen LogP contribution < -0.4 is 10.5 Å². The Morgan fingerprint density at radius 1 is 1.00 bits per heavy atom. The second-order valence-electron chi connectivity index (χ2n) is 5.59. The number of sulfonamides is 1. The lowest BCUT2D eigenvalue weighted by Crippen LogP contribution is -2.48. The van der Waals surface area contributed by atoms with Crippen LogP contribution in [0.1, 0.15) is 13.8 Å². The van der Waals surface area contributed by atoms with Crippen molar-refractivity contribution < 1.29 is 8.42 Å². The zero-order chi connectivity index (χ0) is 15.5. The molecule has 0 saturated carbocycles. The molecule has 0 unspecified atom stereocenters. The van der Waals surface area contributed by atoms with Crippen LogP contribution in [0, 0.1) is 0 Å². The van der Waals surface area contributed by atoms with E-state index in [2.05, 4.69) is 4.72 Å². The average Bonchev–Trinajstić information content (AvgIpc) is 2.47. The van der Waals surface area contributed by atoms with E-state index in [1.54, 1.807) is 32.0 Å². The summed E-state index contributed by atoms with van der Waals surface area (Å²) < 4.78 is 27.5. The fraction of sp³-hybridized carbons (Fsp3) is 0.250. The minimum atomic E-state index is -3.59. The molecule has 0 heterocycles. The number of nitrogens with one attached hydrogen (secondary N) is 1. The van der Waals surface area contributed by atoms with Gasteiger partial charge in [0.1, 0.15) is 0 Å². The Morgan fingerprint density at radius 2 is 1.62 bits per heavy atom. The Kier molecular flexibility index (Phi) is 4.46. The maximum Gasteiger partial charge on any atom is 0.241 e. The molecule has 4 nitrogen and oxygen atoms in total. The largest absolute Gasteiger partial charge is 0.329 e. The molecule has 0 aliphatic rings. The lowest BCUT2D eigenvalue weighted by Gasteiger charge is -2.24. The number of hydrogen-bond donors (Lipinski definition) is 2. The predicted octanol–water partition coefficient (Wildman–Crippen LogP) is 2.37. The molecule has 2 aromatic rings. The Bertz CT molecular complexity index is 710. The smallest absolute Gasteiger partial charge is 0.241 e. The van der Waals surface area contributed by atoms with Crippen molar-refractivity contribution in [3.8, 4) is 11.1 Å². The quantitative estimate of drug-likeness (QED) is 0.890.